The molecule has 30 heavy (non-hydrogen) atoms. The minimum Gasteiger partial charge on any atom is -0.483 e. The van der Waals surface area contributed by atoms with Gasteiger partial charge >= 0.3 is 0 Å². The Balaban J connectivity index is 0. The molecular formula is C24H46N2O4. The van der Waals surface area contributed by atoms with E-state index in [0.29, 0.717) is 18.9 Å². The summed E-state index contributed by atoms with van der Waals surface area (Å²) in [6.45, 7) is 13.5. The first-order valence-electron chi connectivity index (χ1n) is 11.6. The molecule has 1 aliphatic heterocycles. The van der Waals surface area contributed by atoms with Crippen LogP contribution in [0.25, 0.3) is 0 Å². The van der Waals surface area contributed by atoms with E-state index in [0.717, 1.165) is 25.8 Å². The van der Waals surface area contributed by atoms with Gasteiger partial charge in [-0.05, 0) is 38.5 Å². The second-order valence-electron chi connectivity index (χ2n) is 7.61. The van der Waals surface area contributed by atoms with Crippen LogP contribution in [0, 0.1) is 11.8 Å². The van der Waals surface area contributed by atoms with E-state index < -0.39 is 0 Å². The van der Waals surface area contributed by atoms with E-state index in [1.165, 1.54) is 19.3 Å². The summed E-state index contributed by atoms with van der Waals surface area (Å²) >= 11 is 0. The Morgan fingerprint density at radius 2 is 1.80 bits per heavy atom. The van der Waals surface area contributed by atoms with Gasteiger partial charge in [-0.15, -0.1) is 0 Å². The van der Waals surface area contributed by atoms with Gasteiger partial charge in [-0.2, -0.15) is 0 Å². The Kier molecular flexibility index (Phi) is 19.4. The van der Waals surface area contributed by atoms with E-state index in [-0.39, 0.29) is 30.2 Å². The number of allylic oxidation sites excluding steroid dienone is 1. The largest absolute Gasteiger partial charge is 0.483 e. The highest BCUT2D eigenvalue weighted by Gasteiger charge is 2.31. The number of amides is 2. The number of carboxylic acid groups (broad SMARTS) is 1. The fourth-order valence-electron chi connectivity index (χ4n) is 3.45. The summed E-state index contributed by atoms with van der Waals surface area (Å²) in [7, 11) is 1.91. The maximum atomic E-state index is 12.9. The smallest absolute Gasteiger partial charge is 0.290 e. The number of likely N-dealkylation sites (tertiary alicyclic amines) is 1. The van der Waals surface area contributed by atoms with Gasteiger partial charge in [0.1, 0.15) is 0 Å². The number of piperidine rings is 1. The third-order valence-electron chi connectivity index (χ3n) is 5.56. The van der Waals surface area contributed by atoms with E-state index in [1.54, 1.807) is 0 Å². The van der Waals surface area contributed by atoms with Gasteiger partial charge in [-0.1, -0.05) is 59.6 Å². The molecule has 0 radical (unpaired) electrons. The predicted octanol–water partition coefficient (Wildman–Crippen LogP) is 4.98. The van der Waals surface area contributed by atoms with Crippen molar-refractivity contribution in [3.63, 3.8) is 0 Å². The first kappa shape index (κ1) is 30.3. The maximum Gasteiger partial charge on any atom is 0.290 e. The first-order valence-corrected chi connectivity index (χ1v) is 11.6. The van der Waals surface area contributed by atoms with E-state index in [2.05, 4.69) is 32.9 Å². The summed E-state index contributed by atoms with van der Waals surface area (Å²) in [4.78, 5) is 36.9. The Morgan fingerprint density at radius 1 is 1.20 bits per heavy atom. The van der Waals surface area contributed by atoms with Crippen LogP contribution in [0.4, 0.5) is 0 Å². The zero-order valence-corrected chi connectivity index (χ0v) is 20.4. The maximum absolute atomic E-state index is 12.9. The molecule has 1 fully saturated rings. The quantitative estimate of drug-likeness (QED) is 0.320. The van der Waals surface area contributed by atoms with Crippen LogP contribution in [-0.2, 0) is 14.4 Å². The van der Waals surface area contributed by atoms with Crippen LogP contribution in [0.5, 0.6) is 0 Å². The van der Waals surface area contributed by atoms with Crippen LogP contribution in [0.15, 0.2) is 12.2 Å². The highest BCUT2D eigenvalue weighted by Crippen LogP contribution is 2.22. The molecule has 1 heterocycles. The van der Waals surface area contributed by atoms with Crippen molar-refractivity contribution in [1.29, 1.82) is 0 Å². The molecule has 1 rings (SSSR count). The molecule has 0 aromatic carbocycles. The number of nitrogens with zero attached hydrogens (tertiary/aromatic N) is 2. The van der Waals surface area contributed by atoms with Crippen molar-refractivity contribution in [1.82, 2.24) is 9.80 Å². The lowest BCUT2D eigenvalue weighted by atomic mass is 9.94. The van der Waals surface area contributed by atoms with Gasteiger partial charge in [0, 0.05) is 32.6 Å². The zero-order chi connectivity index (χ0) is 23.5. The van der Waals surface area contributed by atoms with Gasteiger partial charge < -0.3 is 14.9 Å². The summed E-state index contributed by atoms with van der Waals surface area (Å²) in [6, 6.07) is 0.173. The molecule has 0 aliphatic carbocycles. The van der Waals surface area contributed by atoms with Crippen molar-refractivity contribution >= 4 is 18.3 Å². The number of hydrogen-bond acceptors (Lipinski definition) is 3. The molecule has 0 aromatic heterocycles. The fraction of sp³-hybridized carbons (Fsp3) is 0.792. The molecule has 176 valence electrons. The van der Waals surface area contributed by atoms with E-state index in [4.69, 9.17) is 9.90 Å². The minimum atomic E-state index is -0.250. The lowest BCUT2D eigenvalue weighted by Crippen LogP contribution is -2.48. The molecule has 2 amide bonds. The molecule has 0 spiro atoms. The Labute approximate surface area is 184 Å². The Hall–Kier alpha value is -1.85. The molecule has 3 atom stereocenters. The number of unbranched alkanes of at least 4 members (excludes halogenated alkanes) is 3. The van der Waals surface area contributed by atoms with Gasteiger partial charge in [-0.25, -0.2) is 0 Å². The van der Waals surface area contributed by atoms with Gasteiger partial charge in [0.05, 0.1) is 5.92 Å². The van der Waals surface area contributed by atoms with Crippen molar-refractivity contribution in [3.8, 4) is 0 Å². The second kappa shape index (κ2) is 19.1. The van der Waals surface area contributed by atoms with Crippen molar-refractivity contribution in [2.75, 3.05) is 20.1 Å². The molecule has 6 nitrogen and oxygen atoms in total. The molecule has 0 aromatic rings. The second-order valence-corrected chi connectivity index (χ2v) is 7.61. The summed E-state index contributed by atoms with van der Waals surface area (Å²) in [5.74, 6) is 0.647. The summed E-state index contributed by atoms with van der Waals surface area (Å²) < 4.78 is 0. The average Bonchev–Trinajstić information content (AvgIpc) is 2.78. The van der Waals surface area contributed by atoms with E-state index in [1.807, 2.05) is 37.6 Å². The van der Waals surface area contributed by atoms with Crippen molar-refractivity contribution in [3.05, 3.63) is 12.2 Å². The molecule has 1 saturated heterocycles. The topological polar surface area (TPSA) is 77.9 Å². The SMILES string of the molecule is CC.CCCCC/C=C\C(C)C(C)N(C)C(=O)[C@@H]1CCCN(C(=O)CC)C1.O=CO. The number of rotatable bonds is 9. The van der Waals surface area contributed by atoms with Crippen LogP contribution >= 0.6 is 0 Å². The van der Waals surface area contributed by atoms with Crippen LogP contribution in [0.1, 0.15) is 86.5 Å². The molecule has 1 N–H and O–H groups in total. The Morgan fingerprint density at radius 3 is 2.33 bits per heavy atom. The highest BCUT2D eigenvalue weighted by molar-refractivity contribution is 5.81. The van der Waals surface area contributed by atoms with Crippen LogP contribution in [-0.4, -0.2) is 59.4 Å². The third-order valence-corrected chi connectivity index (χ3v) is 5.56. The normalized spacial score (nSPS) is 17.7. The molecule has 2 unspecified atom stereocenters. The van der Waals surface area contributed by atoms with Crippen LogP contribution in [0.2, 0.25) is 0 Å². The van der Waals surface area contributed by atoms with Gasteiger partial charge in [0.25, 0.3) is 6.47 Å². The number of carbonyl (C=O) groups excluding carboxylic acids is 2. The number of carbonyl (C=O) groups is 3. The Bertz CT molecular complexity index is 494. The number of hydrogen-bond donors (Lipinski definition) is 1. The molecular weight excluding hydrogens is 380 g/mol. The summed E-state index contributed by atoms with van der Waals surface area (Å²) in [6.07, 6.45) is 11.7. The van der Waals surface area contributed by atoms with Gasteiger partial charge in [0.2, 0.25) is 11.8 Å². The molecule has 0 bridgehead atoms. The average molecular weight is 427 g/mol. The van der Waals surface area contributed by atoms with Crippen molar-refractivity contribution in [2.45, 2.75) is 92.5 Å². The standard InChI is InChI=1S/C21H38N2O2.C2H6.CH2O2/c1-6-8-9-10-11-13-17(3)18(4)22(5)21(25)19-14-12-15-23(16-19)20(24)7-2;1-2;2-1-3/h11,13,17-19H,6-10,12,14-16H2,1-5H3;1-2H3;1H,(H,2,3)/b13-11-;;/t17?,18?,19-;;/m1../s1. The first-order chi connectivity index (χ1) is 14.3. The van der Waals surface area contributed by atoms with Gasteiger partial charge in [0.15, 0.2) is 0 Å². The molecule has 6 heteroatoms. The third kappa shape index (κ3) is 12.0. The van der Waals surface area contributed by atoms with Crippen LogP contribution < -0.4 is 0 Å². The monoisotopic (exact) mass is 426 g/mol. The predicted molar refractivity (Wildman–Crippen MR) is 124 cm³/mol. The zero-order valence-electron chi connectivity index (χ0n) is 20.4. The fourth-order valence-corrected chi connectivity index (χ4v) is 3.45. The van der Waals surface area contributed by atoms with Gasteiger partial charge in [-0.3, -0.25) is 14.4 Å². The molecule has 0 saturated carbocycles. The summed E-state index contributed by atoms with van der Waals surface area (Å²) in [5, 5.41) is 6.89. The van der Waals surface area contributed by atoms with E-state index >= 15 is 0 Å². The molecule has 1 aliphatic rings. The van der Waals surface area contributed by atoms with Crippen LogP contribution in [0.3, 0.4) is 0 Å². The lowest BCUT2D eigenvalue weighted by molar-refractivity contribution is -0.141. The van der Waals surface area contributed by atoms with Crippen molar-refractivity contribution in [2.24, 2.45) is 11.8 Å². The van der Waals surface area contributed by atoms with E-state index in [9.17, 15) is 9.59 Å². The minimum absolute atomic E-state index is 0.0440. The van der Waals surface area contributed by atoms with Crippen molar-refractivity contribution < 1.29 is 19.5 Å². The lowest BCUT2D eigenvalue weighted by Gasteiger charge is -2.36. The summed E-state index contributed by atoms with van der Waals surface area (Å²) in [5.41, 5.74) is 0. The highest BCUT2D eigenvalue weighted by atomic mass is 16.3.